The van der Waals surface area contributed by atoms with Crippen LogP contribution in [0.3, 0.4) is 0 Å². The molecule has 144 valence electrons. The number of piperazine rings is 1. The number of halogens is 1. The third-order valence-electron chi connectivity index (χ3n) is 5.23. The van der Waals surface area contributed by atoms with Crippen molar-refractivity contribution in [1.29, 1.82) is 0 Å². The molecule has 3 heterocycles. The van der Waals surface area contributed by atoms with E-state index in [2.05, 4.69) is 15.0 Å². The standard InChI is InChI=1S/C19H23FN4O3/c1-13-21-18(27-22-13)9-19(25)24-7-6-23-11-16(8-15(23)10-24)26-12-14-4-2-3-5-17(14)20/h2-5,15-16H,6-12H2,1H3/t15-,16+/m0/s1. The normalized spacial score (nSPS) is 22.8. The van der Waals surface area contributed by atoms with Gasteiger partial charge < -0.3 is 14.2 Å². The first kappa shape index (κ1) is 18.1. The summed E-state index contributed by atoms with van der Waals surface area (Å²) in [6.45, 7) is 5.00. The highest BCUT2D eigenvalue weighted by Crippen LogP contribution is 2.25. The fourth-order valence-electron chi connectivity index (χ4n) is 3.82. The molecule has 2 saturated heterocycles. The minimum atomic E-state index is -0.235. The number of fused-ring (bicyclic) bond motifs is 1. The number of aryl methyl sites for hydroxylation is 1. The zero-order chi connectivity index (χ0) is 18.8. The number of amides is 1. The van der Waals surface area contributed by atoms with Gasteiger partial charge in [0.2, 0.25) is 11.8 Å². The van der Waals surface area contributed by atoms with Crippen molar-refractivity contribution in [2.45, 2.75) is 38.5 Å². The van der Waals surface area contributed by atoms with Crippen molar-refractivity contribution in [2.75, 3.05) is 26.2 Å². The van der Waals surface area contributed by atoms with Gasteiger partial charge in [0.15, 0.2) is 5.82 Å². The molecule has 7 nitrogen and oxygen atoms in total. The quantitative estimate of drug-likeness (QED) is 0.791. The number of benzene rings is 1. The minimum Gasteiger partial charge on any atom is -0.372 e. The Morgan fingerprint density at radius 2 is 2.19 bits per heavy atom. The molecule has 0 saturated carbocycles. The van der Waals surface area contributed by atoms with Gasteiger partial charge in [0.1, 0.15) is 12.2 Å². The molecule has 27 heavy (non-hydrogen) atoms. The van der Waals surface area contributed by atoms with Gasteiger partial charge in [-0.15, -0.1) is 0 Å². The number of carbonyl (C=O) groups excluding carboxylic acids is 1. The van der Waals surface area contributed by atoms with Crippen LogP contribution in [0.4, 0.5) is 4.39 Å². The molecule has 8 heteroatoms. The van der Waals surface area contributed by atoms with Crippen LogP contribution in [0, 0.1) is 12.7 Å². The lowest BCUT2D eigenvalue weighted by atomic mass is 10.1. The van der Waals surface area contributed by atoms with Crippen LogP contribution in [0.25, 0.3) is 0 Å². The topological polar surface area (TPSA) is 71.7 Å². The van der Waals surface area contributed by atoms with E-state index < -0.39 is 0 Å². The van der Waals surface area contributed by atoms with Gasteiger partial charge in [-0.3, -0.25) is 9.69 Å². The maximum atomic E-state index is 13.7. The molecule has 1 aromatic carbocycles. The number of hydrogen-bond acceptors (Lipinski definition) is 6. The van der Waals surface area contributed by atoms with Gasteiger partial charge >= 0.3 is 0 Å². The van der Waals surface area contributed by atoms with Crippen LogP contribution in [0.2, 0.25) is 0 Å². The third kappa shape index (κ3) is 4.17. The van der Waals surface area contributed by atoms with Crippen LogP contribution in [-0.4, -0.2) is 64.2 Å². The summed E-state index contributed by atoms with van der Waals surface area (Å²) >= 11 is 0. The lowest BCUT2D eigenvalue weighted by molar-refractivity contribution is -0.133. The molecule has 2 aliphatic heterocycles. The van der Waals surface area contributed by atoms with Crippen LogP contribution in [-0.2, 0) is 22.6 Å². The van der Waals surface area contributed by atoms with E-state index in [1.807, 2.05) is 11.0 Å². The van der Waals surface area contributed by atoms with E-state index in [0.29, 0.717) is 30.4 Å². The fourth-order valence-corrected chi connectivity index (χ4v) is 3.82. The van der Waals surface area contributed by atoms with Gasteiger partial charge in [-0.1, -0.05) is 23.4 Å². The Labute approximate surface area is 157 Å². The lowest BCUT2D eigenvalue weighted by Gasteiger charge is -2.37. The van der Waals surface area contributed by atoms with Crippen LogP contribution in [0.15, 0.2) is 28.8 Å². The molecule has 0 bridgehead atoms. The monoisotopic (exact) mass is 374 g/mol. The summed E-state index contributed by atoms with van der Waals surface area (Å²) in [5.74, 6) is 0.668. The average molecular weight is 374 g/mol. The van der Waals surface area contributed by atoms with Crippen LogP contribution >= 0.6 is 0 Å². The van der Waals surface area contributed by atoms with Crippen LogP contribution in [0.1, 0.15) is 23.7 Å². The second kappa shape index (κ2) is 7.74. The van der Waals surface area contributed by atoms with Crippen molar-refractivity contribution in [3.8, 4) is 0 Å². The maximum Gasteiger partial charge on any atom is 0.236 e. The van der Waals surface area contributed by atoms with Crippen molar-refractivity contribution >= 4 is 5.91 Å². The molecular formula is C19H23FN4O3. The maximum absolute atomic E-state index is 13.7. The fraction of sp³-hybridized carbons (Fsp3) is 0.526. The Morgan fingerprint density at radius 1 is 1.33 bits per heavy atom. The van der Waals surface area contributed by atoms with Crippen LogP contribution in [0.5, 0.6) is 0 Å². The number of carbonyl (C=O) groups is 1. The molecule has 2 aromatic rings. The van der Waals surface area contributed by atoms with Crippen molar-refractivity contribution in [1.82, 2.24) is 19.9 Å². The van der Waals surface area contributed by atoms with E-state index >= 15 is 0 Å². The van der Waals surface area contributed by atoms with Gasteiger partial charge in [-0.25, -0.2) is 4.39 Å². The zero-order valence-corrected chi connectivity index (χ0v) is 15.3. The molecule has 0 unspecified atom stereocenters. The summed E-state index contributed by atoms with van der Waals surface area (Å²) in [7, 11) is 0. The summed E-state index contributed by atoms with van der Waals surface area (Å²) < 4.78 is 24.7. The molecule has 1 aromatic heterocycles. The minimum absolute atomic E-state index is 0.00836. The Kier molecular flexibility index (Phi) is 5.18. The Morgan fingerprint density at radius 3 is 2.96 bits per heavy atom. The highest BCUT2D eigenvalue weighted by molar-refractivity contribution is 5.78. The predicted molar refractivity (Wildman–Crippen MR) is 94.3 cm³/mol. The third-order valence-corrected chi connectivity index (χ3v) is 5.23. The zero-order valence-electron chi connectivity index (χ0n) is 15.3. The summed E-state index contributed by atoms with van der Waals surface area (Å²) in [4.78, 5) is 20.8. The first-order chi connectivity index (χ1) is 13.1. The van der Waals surface area contributed by atoms with Crippen LogP contribution < -0.4 is 0 Å². The summed E-state index contributed by atoms with van der Waals surface area (Å²) in [6, 6.07) is 6.96. The molecule has 1 amide bonds. The summed E-state index contributed by atoms with van der Waals surface area (Å²) in [6.07, 6.45) is 1.04. The predicted octanol–water partition coefficient (Wildman–Crippen LogP) is 1.56. The first-order valence-electron chi connectivity index (χ1n) is 9.24. The Hall–Kier alpha value is -2.32. The number of aromatic nitrogens is 2. The van der Waals surface area contributed by atoms with Gasteiger partial charge in [-0.05, 0) is 19.4 Å². The van der Waals surface area contributed by atoms with E-state index in [9.17, 15) is 9.18 Å². The molecule has 0 radical (unpaired) electrons. The summed E-state index contributed by atoms with van der Waals surface area (Å²) in [5, 5.41) is 3.72. The molecule has 2 atom stereocenters. The van der Waals surface area contributed by atoms with Crippen molar-refractivity contribution in [2.24, 2.45) is 0 Å². The first-order valence-corrected chi connectivity index (χ1v) is 9.24. The van der Waals surface area contributed by atoms with Crippen molar-refractivity contribution in [3.63, 3.8) is 0 Å². The molecule has 2 aliphatic rings. The second-order valence-corrected chi connectivity index (χ2v) is 7.16. The molecule has 0 spiro atoms. The SMILES string of the molecule is Cc1noc(CC(=O)N2CCN3C[C@H](OCc4ccccc4F)C[C@H]3C2)n1. The van der Waals surface area contributed by atoms with Crippen molar-refractivity contribution < 1.29 is 18.4 Å². The molecule has 0 N–H and O–H groups in total. The van der Waals surface area contributed by atoms with E-state index in [-0.39, 0.29) is 36.9 Å². The highest BCUT2D eigenvalue weighted by atomic mass is 19.1. The Bertz CT molecular complexity index is 812. The largest absolute Gasteiger partial charge is 0.372 e. The van der Waals surface area contributed by atoms with Gasteiger partial charge in [0.05, 0.1) is 12.7 Å². The number of rotatable bonds is 5. The molecule has 0 aliphatic carbocycles. The lowest BCUT2D eigenvalue weighted by Crippen LogP contribution is -2.52. The van der Waals surface area contributed by atoms with E-state index in [1.165, 1.54) is 6.07 Å². The molecular weight excluding hydrogens is 351 g/mol. The van der Waals surface area contributed by atoms with E-state index in [0.717, 1.165) is 19.5 Å². The van der Waals surface area contributed by atoms with Gasteiger partial charge in [0, 0.05) is 37.8 Å². The average Bonchev–Trinajstić information content (AvgIpc) is 3.25. The summed E-state index contributed by atoms with van der Waals surface area (Å²) in [5.41, 5.74) is 0.578. The smallest absolute Gasteiger partial charge is 0.236 e. The molecule has 4 rings (SSSR count). The van der Waals surface area contributed by atoms with Crippen molar-refractivity contribution in [3.05, 3.63) is 47.4 Å². The Balaban J connectivity index is 1.29. The van der Waals surface area contributed by atoms with Gasteiger partial charge in [-0.2, -0.15) is 4.98 Å². The second-order valence-electron chi connectivity index (χ2n) is 7.16. The number of nitrogens with zero attached hydrogens (tertiary/aromatic N) is 4. The van der Waals surface area contributed by atoms with E-state index in [4.69, 9.17) is 9.26 Å². The highest BCUT2D eigenvalue weighted by Gasteiger charge is 2.38. The molecule has 2 fully saturated rings. The van der Waals surface area contributed by atoms with Gasteiger partial charge in [0.25, 0.3) is 0 Å². The van der Waals surface area contributed by atoms with E-state index in [1.54, 1.807) is 19.1 Å². The number of ether oxygens (including phenoxy) is 1. The number of hydrogen-bond donors (Lipinski definition) is 0.